The zero-order valence-electron chi connectivity index (χ0n) is 49.6. The molecule has 2 amide bonds. The van der Waals surface area contributed by atoms with Crippen LogP contribution in [-0.4, -0.2) is 139 Å². The average molecular weight is 1200 g/mol. The van der Waals surface area contributed by atoms with Crippen molar-refractivity contribution < 1.29 is 55.8 Å². The Morgan fingerprint density at radius 3 is 2.02 bits per heavy atom. The summed E-state index contributed by atoms with van der Waals surface area (Å²) in [4.78, 5) is 43.9. The van der Waals surface area contributed by atoms with E-state index in [0.717, 1.165) is 42.8 Å². The number of anilines is 2. The molecule has 0 spiro atoms. The Labute approximate surface area is 502 Å². The molecule has 0 radical (unpaired) electrons. The van der Waals surface area contributed by atoms with Crippen molar-refractivity contribution in [2.24, 2.45) is 0 Å². The lowest BCUT2D eigenvalue weighted by Crippen LogP contribution is -2.41. The first-order valence-electron chi connectivity index (χ1n) is 27.5. The second kappa shape index (κ2) is 27.1. The van der Waals surface area contributed by atoms with Crippen LogP contribution in [0, 0.1) is 34.3 Å². The predicted octanol–water partition coefficient (Wildman–Crippen LogP) is 10.7. The van der Waals surface area contributed by atoms with Gasteiger partial charge in [0.05, 0.1) is 77.0 Å². The van der Waals surface area contributed by atoms with Gasteiger partial charge in [-0.2, -0.15) is 10.5 Å². The Hall–Kier alpha value is -8.71. The number of benzene rings is 2. The molecule has 10 rings (SSSR count). The van der Waals surface area contributed by atoms with Crippen LogP contribution < -0.4 is 25.6 Å². The zero-order valence-corrected chi connectivity index (χ0v) is 50.4. The Morgan fingerprint density at radius 2 is 1.40 bits per heavy atom. The number of hydrogen-bond donors (Lipinski definition) is 3. The largest absolute Gasteiger partial charge is 0.496 e. The second-order valence-corrected chi connectivity index (χ2v) is 22.0. The summed E-state index contributed by atoms with van der Waals surface area (Å²) in [5.74, 6) is -0.338. The third kappa shape index (κ3) is 13.8. The number of ether oxygens (including phenoxy) is 3. The summed E-state index contributed by atoms with van der Waals surface area (Å²) in [7, 11) is 9.02. The van der Waals surface area contributed by atoms with Gasteiger partial charge in [0.15, 0.2) is 28.6 Å². The van der Waals surface area contributed by atoms with E-state index in [0.29, 0.717) is 92.9 Å². The molecule has 6 aromatic heterocycles. The van der Waals surface area contributed by atoms with Crippen molar-refractivity contribution in [2.45, 2.75) is 83.6 Å². The van der Waals surface area contributed by atoms with Crippen molar-refractivity contribution >= 4 is 69.6 Å². The molecular formula is C62H66BClF2N10O10. The van der Waals surface area contributed by atoms with Crippen LogP contribution in [0.3, 0.4) is 0 Å². The minimum atomic E-state index is -0.665. The SMILES string of the molecule is CCC(CCO)Nc1ccc(B2OC(C)(C)C(C)(C)O2)cc1C#N.COc1cc(C(=O)N(C)C)cnc1-c1cc2ncc(F)c(-c3ccc(NC4CCOCC4)c(C#N)c3)c2o1.COc1cc(C(=O)N(C)C)ncc1-c1cc2ncc(F)c(Cl)c2o1. The van der Waals surface area contributed by atoms with E-state index in [1.807, 2.05) is 45.9 Å². The number of aliphatic hydroxyl groups excluding tert-OH is 1. The molecule has 24 heteroatoms. The maximum absolute atomic E-state index is 15.2. The molecule has 3 N–H and O–H groups in total. The quantitative estimate of drug-likeness (QED) is 0.0806. The molecule has 20 nitrogen and oxygen atoms in total. The minimum absolute atomic E-state index is 0.124. The topological polar surface area (TPSA) is 256 Å². The van der Waals surface area contributed by atoms with E-state index in [1.54, 1.807) is 64.6 Å². The lowest BCUT2D eigenvalue weighted by Gasteiger charge is -2.32. The fourth-order valence-electron chi connectivity index (χ4n) is 9.34. The summed E-state index contributed by atoms with van der Waals surface area (Å²) in [5, 5.41) is 35.0. The molecule has 448 valence electrons. The smallest absolute Gasteiger partial charge is 0.494 e. The zero-order chi connectivity index (χ0) is 62.2. The van der Waals surface area contributed by atoms with Gasteiger partial charge in [0, 0.05) is 90.7 Å². The first-order chi connectivity index (χ1) is 41.0. The molecule has 2 fully saturated rings. The Kier molecular flexibility index (Phi) is 20.0. The molecule has 2 saturated heterocycles. The molecule has 8 aromatic rings. The van der Waals surface area contributed by atoms with Crippen molar-refractivity contribution in [2.75, 3.05) is 72.9 Å². The van der Waals surface area contributed by atoms with E-state index < -0.39 is 30.0 Å². The maximum atomic E-state index is 15.2. The number of aromatic nitrogens is 4. The fraction of sp³-hybridized carbons (Fsp3) is 0.355. The van der Waals surface area contributed by atoms with E-state index in [2.05, 4.69) is 49.6 Å². The van der Waals surface area contributed by atoms with Gasteiger partial charge in [-0.25, -0.2) is 23.7 Å². The van der Waals surface area contributed by atoms with Crippen molar-refractivity contribution in [3.05, 3.63) is 124 Å². The number of furan rings is 2. The third-order valence-electron chi connectivity index (χ3n) is 14.9. The normalized spacial score (nSPS) is 14.6. The van der Waals surface area contributed by atoms with Gasteiger partial charge in [0.2, 0.25) is 0 Å². The monoisotopic (exact) mass is 1190 g/mol. The number of hydrogen-bond acceptors (Lipinski definition) is 18. The number of aliphatic hydroxyl groups is 1. The molecule has 8 heterocycles. The molecule has 0 saturated carbocycles. The summed E-state index contributed by atoms with van der Waals surface area (Å²) in [6.45, 7) is 11.6. The van der Waals surface area contributed by atoms with Crippen molar-refractivity contribution in [1.82, 2.24) is 29.7 Å². The lowest BCUT2D eigenvalue weighted by molar-refractivity contribution is 0.00578. The number of halogens is 3. The Morgan fingerprint density at radius 1 is 0.779 bits per heavy atom. The number of nitrogens with one attached hydrogen (secondary N) is 2. The Bertz CT molecular complexity index is 3860. The van der Waals surface area contributed by atoms with E-state index in [1.165, 1.54) is 42.5 Å². The summed E-state index contributed by atoms with van der Waals surface area (Å²) >= 11 is 5.90. The van der Waals surface area contributed by atoms with Gasteiger partial charge in [-0.3, -0.25) is 14.6 Å². The van der Waals surface area contributed by atoms with Gasteiger partial charge in [-0.15, -0.1) is 0 Å². The second-order valence-electron chi connectivity index (χ2n) is 21.7. The lowest BCUT2D eigenvalue weighted by atomic mass is 9.78. The highest BCUT2D eigenvalue weighted by molar-refractivity contribution is 6.62. The van der Waals surface area contributed by atoms with E-state index >= 15 is 4.39 Å². The molecular weight excluding hydrogens is 1130 g/mol. The average Bonchev–Trinajstić information content (AvgIpc) is 2.22. The standard InChI is InChI=1S/C28H26FN5O4.C18H27BN2O3.C16H13ClFN3O3/c1-34(2)28(35)18-11-23(36-3)26(32-14-18)24-12-22-27(38-24)25(20(29)15-31-22)16-4-5-21(17(10-16)13-30)33-19-6-8-37-9-7-19;1-6-15(9-10-22)21-16-8-7-14(11-13(16)12-20)19-23-17(2,3)18(4,5)24-19;1-21(2)16(22)11-5-12(23-3)8(6-19-11)13-4-10-15(24-13)14(17)9(18)7-20-10/h4-5,10-12,14-15,19,33H,6-9H2,1-3H3;7-8,11,15,21-22H,6,9-10H2,1-5H3;4-7H,1-3H3. The Balaban J connectivity index is 0.000000175. The van der Waals surface area contributed by atoms with Gasteiger partial charge in [-0.05, 0) is 94.7 Å². The highest BCUT2D eigenvalue weighted by atomic mass is 35.5. The first-order valence-corrected chi connectivity index (χ1v) is 27.9. The predicted molar refractivity (Wildman–Crippen MR) is 322 cm³/mol. The fourth-order valence-corrected chi connectivity index (χ4v) is 9.52. The molecule has 2 aliphatic heterocycles. The van der Waals surface area contributed by atoms with Crippen LogP contribution in [0.5, 0.6) is 11.5 Å². The third-order valence-corrected chi connectivity index (χ3v) is 15.3. The van der Waals surface area contributed by atoms with Gasteiger partial charge in [-0.1, -0.05) is 30.7 Å². The minimum Gasteiger partial charge on any atom is -0.496 e. The number of amides is 2. The van der Waals surface area contributed by atoms with Crippen molar-refractivity contribution in [3.63, 3.8) is 0 Å². The van der Waals surface area contributed by atoms with Crippen LogP contribution in [0.4, 0.5) is 20.2 Å². The number of fused-ring (bicyclic) bond motifs is 2. The van der Waals surface area contributed by atoms with E-state index in [4.69, 9.17) is 49.1 Å². The van der Waals surface area contributed by atoms with E-state index in [-0.39, 0.29) is 58.0 Å². The van der Waals surface area contributed by atoms with E-state index in [9.17, 15) is 24.5 Å². The number of carbonyl (C=O) groups is 2. The summed E-state index contributed by atoms with van der Waals surface area (Å²) in [6, 6.07) is 21.9. The number of carbonyl (C=O) groups excluding carboxylic acids is 2. The van der Waals surface area contributed by atoms with Crippen molar-refractivity contribution in [1.29, 1.82) is 10.5 Å². The van der Waals surface area contributed by atoms with Gasteiger partial charge in [0.25, 0.3) is 11.8 Å². The molecule has 0 bridgehead atoms. The number of pyridine rings is 4. The molecule has 0 aliphatic carbocycles. The van der Waals surface area contributed by atoms with Gasteiger partial charge < -0.3 is 57.9 Å². The van der Waals surface area contributed by atoms with Crippen LogP contribution in [0.25, 0.3) is 56.1 Å². The van der Waals surface area contributed by atoms with Crippen LogP contribution in [0.2, 0.25) is 5.02 Å². The summed E-state index contributed by atoms with van der Waals surface area (Å²) < 4.78 is 68.6. The number of rotatable bonds is 15. The van der Waals surface area contributed by atoms with Crippen LogP contribution in [0.15, 0.2) is 94.3 Å². The van der Waals surface area contributed by atoms with Crippen LogP contribution in [-0.2, 0) is 14.0 Å². The number of nitriles is 2. The first kappa shape index (κ1) is 63.3. The highest BCUT2D eigenvalue weighted by Crippen LogP contribution is 2.41. The van der Waals surface area contributed by atoms with Crippen LogP contribution in [0.1, 0.15) is 92.3 Å². The summed E-state index contributed by atoms with van der Waals surface area (Å²) in [5.41, 5.74) is 5.73. The molecule has 2 aromatic carbocycles. The van der Waals surface area contributed by atoms with Crippen molar-refractivity contribution in [3.8, 4) is 57.5 Å². The molecule has 1 atom stereocenters. The van der Waals surface area contributed by atoms with Gasteiger partial charge >= 0.3 is 7.12 Å². The molecule has 1 unspecified atom stereocenters. The summed E-state index contributed by atoms with van der Waals surface area (Å²) in [6.07, 6.45) is 8.28. The number of nitrogens with zero attached hydrogens (tertiary/aromatic N) is 8. The highest BCUT2D eigenvalue weighted by Gasteiger charge is 2.51. The number of methoxy groups -OCH3 is 2. The van der Waals surface area contributed by atoms with Gasteiger partial charge in [0.1, 0.15) is 56.8 Å². The maximum Gasteiger partial charge on any atom is 0.494 e. The molecule has 86 heavy (non-hydrogen) atoms. The van der Waals surface area contributed by atoms with Crippen LogP contribution >= 0.6 is 11.6 Å². The molecule has 2 aliphatic rings.